The minimum Gasteiger partial charge on any atom is -0.352 e. The third-order valence-corrected chi connectivity index (χ3v) is 5.70. The van der Waals surface area contributed by atoms with E-state index < -0.39 is 0 Å². The summed E-state index contributed by atoms with van der Waals surface area (Å²) in [7, 11) is 1.87. The number of likely N-dealkylation sites (tertiary alicyclic amines) is 1. The van der Waals surface area contributed by atoms with Gasteiger partial charge in [0.25, 0.3) is 0 Å². The minimum atomic E-state index is 0. The van der Waals surface area contributed by atoms with Crippen LogP contribution in [0.25, 0.3) is 5.82 Å². The van der Waals surface area contributed by atoms with Crippen LogP contribution < -0.4 is 5.32 Å². The average Bonchev–Trinajstić information content (AvgIpc) is 3.23. The first-order valence-corrected chi connectivity index (χ1v) is 9.10. The lowest BCUT2D eigenvalue weighted by Gasteiger charge is -2.38. The molecule has 0 radical (unpaired) electrons. The van der Waals surface area contributed by atoms with Crippen LogP contribution in [0.1, 0.15) is 37.1 Å². The summed E-state index contributed by atoms with van der Waals surface area (Å²) in [6, 6.07) is 4.15. The Hall–Kier alpha value is -1.64. The Bertz CT molecular complexity index is 763. The average molecular weight is 466 g/mol. The molecule has 2 fully saturated rings. The Labute approximate surface area is 172 Å². The topological polar surface area (TPSA) is 58.3 Å². The summed E-state index contributed by atoms with van der Waals surface area (Å²) in [5.41, 5.74) is 1.74. The first-order chi connectivity index (χ1) is 12.2. The molecule has 3 heterocycles. The van der Waals surface area contributed by atoms with Crippen LogP contribution in [0.2, 0.25) is 0 Å². The lowest BCUT2D eigenvalue weighted by atomic mass is 9.68. The molecule has 2 aromatic rings. The van der Waals surface area contributed by atoms with Crippen molar-refractivity contribution in [3.8, 4) is 5.82 Å². The normalized spacial score (nSPS) is 18.5. The number of halogens is 1. The third kappa shape index (κ3) is 3.72. The molecule has 1 N–H and O–H groups in total. The first-order valence-electron chi connectivity index (χ1n) is 9.10. The van der Waals surface area contributed by atoms with Crippen molar-refractivity contribution in [2.45, 2.75) is 39.2 Å². The predicted octanol–water partition coefficient (Wildman–Crippen LogP) is 3.15. The highest BCUT2D eigenvalue weighted by atomic mass is 127. The Balaban J connectivity index is 0.00000196. The highest BCUT2D eigenvalue weighted by Crippen LogP contribution is 2.47. The van der Waals surface area contributed by atoms with E-state index in [-0.39, 0.29) is 24.0 Å². The molecule has 1 aliphatic carbocycles. The summed E-state index contributed by atoms with van der Waals surface area (Å²) < 4.78 is 1.98. The van der Waals surface area contributed by atoms with Gasteiger partial charge >= 0.3 is 0 Å². The number of nitrogens with one attached hydrogen (secondary N) is 1. The number of aryl methyl sites for hydroxylation is 1. The fourth-order valence-electron chi connectivity index (χ4n) is 4.00. The van der Waals surface area contributed by atoms with Gasteiger partial charge in [0.1, 0.15) is 11.6 Å². The van der Waals surface area contributed by atoms with Crippen LogP contribution in [0.3, 0.4) is 0 Å². The summed E-state index contributed by atoms with van der Waals surface area (Å²) in [4.78, 5) is 15.7. The largest absolute Gasteiger partial charge is 0.352 e. The maximum Gasteiger partial charge on any atom is 0.193 e. The van der Waals surface area contributed by atoms with Gasteiger partial charge in [-0.2, -0.15) is 0 Å². The zero-order valence-electron chi connectivity index (χ0n) is 15.5. The van der Waals surface area contributed by atoms with Gasteiger partial charge in [0.15, 0.2) is 5.96 Å². The maximum absolute atomic E-state index is 4.56. The van der Waals surface area contributed by atoms with Gasteiger partial charge in [-0.15, -0.1) is 24.0 Å². The van der Waals surface area contributed by atoms with E-state index in [0.717, 1.165) is 42.8 Å². The molecule has 1 saturated heterocycles. The smallest absolute Gasteiger partial charge is 0.193 e. The van der Waals surface area contributed by atoms with Gasteiger partial charge in [0, 0.05) is 45.3 Å². The quantitative estimate of drug-likeness (QED) is 0.429. The Morgan fingerprint density at radius 1 is 1.27 bits per heavy atom. The van der Waals surface area contributed by atoms with Crippen molar-refractivity contribution in [1.82, 2.24) is 24.8 Å². The van der Waals surface area contributed by atoms with Crippen molar-refractivity contribution in [2.75, 3.05) is 20.1 Å². The van der Waals surface area contributed by atoms with Crippen LogP contribution in [0.15, 0.2) is 35.7 Å². The number of rotatable bonds is 3. The van der Waals surface area contributed by atoms with Crippen LogP contribution in [0.4, 0.5) is 0 Å². The van der Waals surface area contributed by atoms with Gasteiger partial charge in [0.2, 0.25) is 0 Å². The van der Waals surface area contributed by atoms with Crippen LogP contribution in [-0.2, 0) is 6.54 Å². The van der Waals surface area contributed by atoms with Crippen molar-refractivity contribution in [1.29, 1.82) is 0 Å². The Morgan fingerprint density at radius 3 is 2.65 bits per heavy atom. The molecule has 1 aliphatic heterocycles. The van der Waals surface area contributed by atoms with Gasteiger partial charge < -0.3 is 10.2 Å². The van der Waals surface area contributed by atoms with Crippen molar-refractivity contribution in [3.63, 3.8) is 0 Å². The molecular weight excluding hydrogens is 439 g/mol. The molecule has 140 valence electrons. The highest BCUT2D eigenvalue weighted by Gasteiger charge is 2.43. The number of hydrogen-bond donors (Lipinski definition) is 1. The number of imidazole rings is 1. The van der Waals surface area contributed by atoms with Crippen LogP contribution >= 0.6 is 24.0 Å². The zero-order chi connectivity index (χ0) is 17.3. The molecule has 7 heteroatoms. The van der Waals surface area contributed by atoms with Gasteiger partial charge in [-0.25, -0.2) is 9.97 Å². The lowest BCUT2D eigenvalue weighted by molar-refractivity contribution is 0.151. The van der Waals surface area contributed by atoms with E-state index in [0.29, 0.717) is 5.41 Å². The molecule has 2 aromatic heterocycles. The molecule has 6 nitrogen and oxygen atoms in total. The third-order valence-electron chi connectivity index (χ3n) is 5.70. The second kappa shape index (κ2) is 7.94. The molecular formula is C19H27IN6. The van der Waals surface area contributed by atoms with E-state index in [1.807, 2.05) is 37.0 Å². The summed E-state index contributed by atoms with van der Waals surface area (Å²) in [5.74, 6) is 2.85. The van der Waals surface area contributed by atoms with Gasteiger partial charge in [-0.05, 0) is 43.2 Å². The summed E-state index contributed by atoms with van der Waals surface area (Å²) in [5, 5.41) is 3.50. The molecule has 0 amide bonds. The van der Waals surface area contributed by atoms with Crippen molar-refractivity contribution < 1.29 is 0 Å². The fraction of sp³-hybridized carbons (Fsp3) is 0.526. The summed E-state index contributed by atoms with van der Waals surface area (Å²) in [6.45, 7) is 5.00. The molecule has 26 heavy (non-hydrogen) atoms. The number of guanidine groups is 1. The molecule has 1 spiro atoms. The number of nitrogens with zero attached hydrogens (tertiary/aromatic N) is 5. The SMILES string of the molecule is CN=C(NCc1ccc(-n2ccnc2C)nc1)N1CCC2(CCC2)C1.I. The first kappa shape index (κ1) is 19.1. The second-order valence-electron chi connectivity index (χ2n) is 7.29. The number of hydrogen-bond acceptors (Lipinski definition) is 3. The van der Waals surface area contributed by atoms with E-state index >= 15 is 0 Å². The van der Waals surface area contributed by atoms with Crippen LogP contribution in [0, 0.1) is 12.3 Å². The molecule has 1 saturated carbocycles. The predicted molar refractivity (Wildman–Crippen MR) is 114 cm³/mol. The highest BCUT2D eigenvalue weighted by molar-refractivity contribution is 14.0. The van der Waals surface area contributed by atoms with Crippen LogP contribution in [0.5, 0.6) is 0 Å². The minimum absolute atomic E-state index is 0. The molecule has 0 aromatic carbocycles. The van der Waals surface area contributed by atoms with Crippen molar-refractivity contribution >= 4 is 29.9 Å². The lowest BCUT2D eigenvalue weighted by Crippen LogP contribution is -2.42. The number of aliphatic imine (C=N–C) groups is 1. The Morgan fingerprint density at radius 2 is 2.12 bits per heavy atom. The zero-order valence-corrected chi connectivity index (χ0v) is 17.8. The van der Waals surface area contributed by atoms with E-state index in [2.05, 4.69) is 31.2 Å². The molecule has 0 atom stereocenters. The summed E-state index contributed by atoms with van der Waals surface area (Å²) in [6.07, 6.45) is 11.1. The van der Waals surface area contributed by atoms with E-state index in [9.17, 15) is 0 Å². The van der Waals surface area contributed by atoms with Gasteiger partial charge in [0.05, 0.1) is 0 Å². The molecule has 0 unspecified atom stereocenters. The summed E-state index contributed by atoms with van der Waals surface area (Å²) >= 11 is 0. The van der Waals surface area contributed by atoms with Gasteiger partial charge in [-0.3, -0.25) is 9.56 Å². The van der Waals surface area contributed by atoms with E-state index in [1.165, 1.54) is 25.7 Å². The Kier molecular flexibility index (Phi) is 5.84. The maximum atomic E-state index is 4.56. The van der Waals surface area contributed by atoms with Crippen molar-refractivity contribution in [3.05, 3.63) is 42.1 Å². The molecule has 4 rings (SSSR count). The van der Waals surface area contributed by atoms with E-state index in [4.69, 9.17) is 0 Å². The number of aromatic nitrogens is 3. The van der Waals surface area contributed by atoms with E-state index in [1.54, 1.807) is 6.20 Å². The van der Waals surface area contributed by atoms with Crippen molar-refractivity contribution in [2.24, 2.45) is 10.4 Å². The molecule has 0 bridgehead atoms. The fourth-order valence-corrected chi connectivity index (χ4v) is 4.00. The molecule has 2 aliphatic rings. The monoisotopic (exact) mass is 466 g/mol. The van der Waals surface area contributed by atoms with Crippen LogP contribution in [-0.4, -0.2) is 45.5 Å². The van der Waals surface area contributed by atoms with Gasteiger partial charge in [-0.1, -0.05) is 12.5 Å². The standard InChI is InChI=1S/C19H26N6.HI/c1-15-21-9-11-25(15)17-5-4-16(12-22-17)13-23-18(20-2)24-10-8-19(14-24)6-3-7-19;/h4-5,9,11-12H,3,6-8,10,13-14H2,1-2H3,(H,20,23);1H. The number of pyridine rings is 1. The second-order valence-corrected chi connectivity index (χ2v) is 7.29.